The highest BCUT2D eigenvalue weighted by Gasteiger charge is 2.19. The second kappa shape index (κ2) is 9.23. The first-order chi connectivity index (χ1) is 18.0. The average molecular weight is 529 g/mol. The minimum Gasteiger partial charge on any atom is -0.496 e. The molecule has 1 amide bonds. The van der Waals surface area contributed by atoms with Crippen molar-refractivity contribution >= 4 is 55.6 Å². The Kier molecular flexibility index (Phi) is 5.74. The number of thiazole rings is 1. The van der Waals surface area contributed by atoms with E-state index in [0.717, 1.165) is 16.8 Å². The van der Waals surface area contributed by atoms with E-state index in [0.29, 0.717) is 54.3 Å². The molecule has 1 N–H and O–H groups in total. The van der Waals surface area contributed by atoms with Gasteiger partial charge in [0, 0.05) is 33.6 Å². The van der Waals surface area contributed by atoms with E-state index in [1.807, 2.05) is 31.2 Å². The van der Waals surface area contributed by atoms with Gasteiger partial charge in [-0.1, -0.05) is 29.0 Å². The van der Waals surface area contributed by atoms with Gasteiger partial charge >= 0.3 is 0 Å². The van der Waals surface area contributed by atoms with Crippen molar-refractivity contribution in [3.63, 3.8) is 0 Å². The number of anilines is 1. The molecule has 0 saturated heterocycles. The number of ether oxygens (including phenoxy) is 1. The lowest BCUT2D eigenvalue weighted by Gasteiger charge is -2.13. The number of aromatic nitrogens is 5. The van der Waals surface area contributed by atoms with Crippen LogP contribution in [0.25, 0.3) is 44.0 Å². The first kappa shape index (κ1) is 23.0. The Morgan fingerprint density at radius 1 is 1.03 bits per heavy atom. The number of rotatable bonds is 5. The van der Waals surface area contributed by atoms with Crippen LogP contribution in [0.3, 0.4) is 0 Å². The minimum absolute atomic E-state index is 0.354. The lowest BCUT2D eigenvalue weighted by atomic mass is 9.99. The summed E-state index contributed by atoms with van der Waals surface area (Å²) in [6, 6.07) is 12.7. The molecule has 6 rings (SSSR count). The molecule has 0 radical (unpaired) electrons. The van der Waals surface area contributed by atoms with E-state index < -0.39 is 0 Å². The van der Waals surface area contributed by atoms with Gasteiger partial charge in [-0.25, -0.2) is 15.0 Å². The highest BCUT2D eigenvalue weighted by molar-refractivity contribution is 7.21. The van der Waals surface area contributed by atoms with Gasteiger partial charge in [-0.3, -0.25) is 15.1 Å². The molecule has 4 aromatic heterocycles. The topological polar surface area (TPSA) is 116 Å². The summed E-state index contributed by atoms with van der Waals surface area (Å²) in [7, 11) is 1.57. The van der Waals surface area contributed by atoms with Crippen LogP contribution >= 0.6 is 22.9 Å². The van der Waals surface area contributed by atoms with Gasteiger partial charge in [0.25, 0.3) is 5.91 Å². The van der Waals surface area contributed by atoms with Crippen LogP contribution in [0.15, 0.2) is 65.7 Å². The number of nitrogens with one attached hydrogen (secondary N) is 1. The lowest BCUT2D eigenvalue weighted by molar-refractivity contribution is 0.102. The van der Waals surface area contributed by atoms with E-state index in [2.05, 4.69) is 30.2 Å². The van der Waals surface area contributed by atoms with E-state index in [1.165, 1.54) is 23.9 Å². The average Bonchev–Trinajstić information content (AvgIpc) is 3.53. The fourth-order valence-electron chi connectivity index (χ4n) is 3.95. The molecule has 0 bridgehead atoms. The third kappa shape index (κ3) is 4.37. The van der Waals surface area contributed by atoms with Gasteiger partial charge in [-0.05, 0) is 43.3 Å². The van der Waals surface area contributed by atoms with E-state index in [4.69, 9.17) is 20.8 Å². The van der Waals surface area contributed by atoms with Crippen LogP contribution in [0.4, 0.5) is 5.13 Å². The van der Waals surface area contributed by atoms with Gasteiger partial charge in [0.15, 0.2) is 27.6 Å². The molecule has 4 heterocycles. The molecule has 9 nitrogen and oxygen atoms in total. The van der Waals surface area contributed by atoms with Crippen LogP contribution in [0.5, 0.6) is 5.75 Å². The van der Waals surface area contributed by atoms with Crippen molar-refractivity contribution in [2.45, 2.75) is 6.92 Å². The maximum Gasteiger partial charge on any atom is 0.259 e. The normalized spacial score (nSPS) is 11.2. The summed E-state index contributed by atoms with van der Waals surface area (Å²) in [4.78, 5) is 36.0. The number of oxazole rings is 1. The van der Waals surface area contributed by atoms with Gasteiger partial charge in [0.05, 0.1) is 24.6 Å². The lowest BCUT2D eigenvalue weighted by Crippen LogP contribution is -2.14. The second-order valence-corrected chi connectivity index (χ2v) is 9.52. The Bertz CT molecular complexity index is 1820. The van der Waals surface area contributed by atoms with E-state index in [9.17, 15) is 4.79 Å². The number of methoxy groups -OCH3 is 1. The summed E-state index contributed by atoms with van der Waals surface area (Å²) < 4.78 is 10.9. The van der Waals surface area contributed by atoms with Gasteiger partial charge < -0.3 is 9.15 Å². The van der Waals surface area contributed by atoms with Crippen LogP contribution in [0.1, 0.15) is 16.1 Å². The van der Waals surface area contributed by atoms with E-state index >= 15 is 0 Å². The third-order valence-corrected chi connectivity index (χ3v) is 6.80. The quantitative estimate of drug-likeness (QED) is 0.282. The van der Waals surface area contributed by atoms with Crippen molar-refractivity contribution in [1.82, 2.24) is 24.9 Å². The molecule has 0 saturated carbocycles. The number of fused-ring (bicyclic) bond motifs is 2. The molecule has 6 aromatic rings. The van der Waals surface area contributed by atoms with Crippen LogP contribution in [-0.2, 0) is 0 Å². The molecule has 0 atom stereocenters. The Morgan fingerprint density at radius 3 is 2.78 bits per heavy atom. The highest BCUT2D eigenvalue weighted by Crippen LogP contribution is 2.35. The SMILES string of the molecule is COc1ccc(Cl)cc1-c1cc(C)ncc1C(=O)Nc1nc2ncc(-c3ccc4ncoc4c3)nc2s1. The first-order valence-corrected chi connectivity index (χ1v) is 12.3. The third-order valence-electron chi connectivity index (χ3n) is 5.71. The standard InChI is InChI=1S/C26H17ClN6O3S/c1-13-7-16(17-9-15(27)4-6-21(17)35-2)18(10-28-13)24(34)33-26-32-23-25(37-26)31-20(11-29-23)14-3-5-19-22(8-14)36-12-30-19/h3-12H,1-2H3,(H,29,32,33,34). The molecule has 0 fully saturated rings. The van der Waals surface area contributed by atoms with Crippen LogP contribution in [0, 0.1) is 6.92 Å². The van der Waals surface area contributed by atoms with Crippen molar-refractivity contribution in [3.8, 4) is 28.1 Å². The summed E-state index contributed by atoms with van der Waals surface area (Å²) in [6.07, 6.45) is 4.57. The Balaban J connectivity index is 1.33. The number of halogens is 1. The molecule has 2 aromatic carbocycles. The minimum atomic E-state index is -0.375. The summed E-state index contributed by atoms with van der Waals surface area (Å²) >= 11 is 7.48. The van der Waals surface area contributed by atoms with Gasteiger partial charge in [-0.15, -0.1) is 0 Å². The zero-order valence-corrected chi connectivity index (χ0v) is 21.1. The monoisotopic (exact) mass is 528 g/mol. The van der Waals surface area contributed by atoms with Crippen LogP contribution in [0.2, 0.25) is 5.02 Å². The fraction of sp³-hybridized carbons (Fsp3) is 0.0769. The number of carbonyl (C=O) groups excluding carboxylic acids is 1. The van der Waals surface area contributed by atoms with E-state index in [-0.39, 0.29) is 5.91 Å². The molecule has 37 heavy (non-hydrogen) atoms. The number of carbonyl (C=O) groups is 1. The summed E-state index contributed by atoms with van der Waals surface area (Å²) in [5.74, 6) is 0.216. The number of amides is 1. The molecular formula is C26H17ClN6O3S. The van der Waals surface area contributed by atoms with Gasteiger partial charge in [0.1, 0.15) is 11.3 Å². The van der Waals surface area contributed by atoms with Crippen molar-refractivity contribution in [1.29, 1.82) is 0 Å². The Morgan fingerprint density at radius 2 is 1.92 bits per heavy atom. The predicted molar refractivity (Wildman–Crippen MR) is 142 cm³/mol. The molecule has 0 spiro atoms. The first-order valence-electron chi connectivity index (χ1n) is 11.1. The largest absolute Gasteiger partial charge is 0.496 e. The van der Waals surface area contributed by atoms with Crippen molar-refractivity contribution in [2.24, 2.45) is 0 Å². The van der Waals surface area contributed by atoms with Crippen LogP contribution in [-0.4, -0.2) is 37.9 Å². The second-order valence-electron chi connectivity index (χ2n) is 8.11. The Labute approximate surface area is 219 Å². The fourth-order valence-corrected chi connectivity index (χ4v) is 4.91. The zero-order valence-electron chi connectivity index (χ0n) is 19.5. The van der Waals surface area contributed by atoms with Crippen molar-refractivity contribution < 1.29 is 13.9 Å². The Hall–Kier alpha value is -4.41. The maximum atomic E-state index is 13.4. The number of aryl methyl sites for hydroxylation is 1. The van der Waals surface area contributed by atoms with E-state index in [1.54, 1.807) is 31.5 Å². The highest BCUT2D eigenvalue weighted by atomic mass is 35.5. The molecular weight excluding hydrogens is 512 g/mol. The smallest absolute Gasteiger partial charge is 0.259 e. The summed E-state index contributed by atoms with van der Waals surface area (Å²) in [6.45, 7) is 1.85. The molecule has 0 unspecified atom stereocenters. The van der Waals surface area contributed by atoms with Crippen molar-refractivity contribution in [3.05, 3.63) is 77.5 Å². The molecule has 0 aliphatic heterocycles. The van der Waals surface area contributed by atoms with Crippen molar-refractivity contribution in [2.75, 3.05) is 12.4 Å². The van der Waals surface area contributed by atoms with Gasteiger partial charge in [-0.2, -0.15) is 4.98 Å². The molecule has 11 heteroatoms. The number of hydrogen-bond acceptors (Lipinski definition) is 9. The summed E-state index contributed by atoms with van der Waals surface area (Å²) in [5, 5.41) is 3.75. The van der Waals surface area contributed by atoms with Crippen LogP contribution < -0.4 is 10.1 Å². The number of hydrogen-bond donors (Lipinski definition) is 1. The molecule has 182 valence electrons. The molecule has 0 aliphatic rings. The summed E-state index contributed by atoms with van der Waals surface area (Å²) in [5.41, 5.74) is 5.79. The zero-order chi connectivity index (χ0) is 25.5. The predicted octanol–water partition coefficient (Wildman–Crippen LogP) is 6.18. The maximum absolute atomic E-state index is 13.4. The number of benzene rings is 2. The number of pyridine rings is 1. The molecule has 0 aliphatic carbocycles. The number of nitrogens with zero attached hydrogens (tertiary/aromatic N) is 5. The van der Waals surface area contributed by atoms with Gasteiger partial charge in [0.2, 0.25) is 0 Å².